The fourth-order valence-electron chi connectivity index (χ4n) is 2.45. The standard InChI is InChI=1S/C16H14F3N/c17-13-6-10(7-14(18)16(13)19)9-20-15-8-12(15)11-4-2-1-3-5-11/h1-7,12,15,20H,8-9H2. The summed E-state index contributed by atoms with van der Waals surface area (Å²) in [5.74, 6) is -3.25. The Morgan fingerprint density at radius 3 is 2.30 bits per heavy atom. The summed E-state index contributed by atoms with van der Waals surface area (Å²) >= 11 is 0. The topological polar surface area (TPSA) is 12.0 Å². The third-order valence-electron chi connectivity index (χ3n) is 3.63. The molecule has 3 rings (SSSR count). The Hall–Kier alpha value is -1.81. The molecule has 1 aliphatic rings. The van der Waals surface area contributed by atoms with Crippen molar-refractivity contribution >= 4 is 0 Å². The first kappa shape index (κ1) is 13.2. The van der Waals surface area contributed by atoms with E-state index in [1.165, 1.54) is 5.56 Å². The Morgan fingerprint density at radius 2 is 1.65 bits per heavy atom. The molecule has 2 aromatic rings. The normalized spacial score (nSPS) is 20.9. The highest BCUT2D eigenvalue weighted by atomic mass is 19.2. The summed E-state index contributed by atoms with van der Waals surface area (Å²) in [6.07, 6.45) is 1.01. The zero-order chi connectivity index (χ0) is 14.1. The number of benzene rings is 2. The van der Waals surface area contributed by atoms with E-state index < -0.39 is 17.5 Å². The quantitative estimate of drug-likeness (QED) is 0.839. The van der Waals surface area contributed by atoms with Gasteiger partial charge in [0, 0.05) is 18.5 Å². The van der Waals surface area contributed by atoms with Crippen LogP contribution in [0.5, 0.6) is 0 Å². The van der Waals surface area contributed by atoms with E-state index >= 15 is 0 Å². The predicted molar refractivity (Wildman–Crippen MR) is 70.7 cm³/mol. The summed E-state index contributed by atoms with van der Waals surface area (Å²) in [5.41, 5.74) is 1.68. The van der Waals surface area contributed by atoms with Crippen LogP contribution >= 0.6 is 0 Å². The van der Waals surface area contributed by atoms with Gasteiger partial charge in [-0.1, -0.05) is 30.3 Å². The van der Waals surface area contributed by atoms with Crippen molar-refractivity contribution in [3.8, 4) is 0 Å². The van der Waals surface area contributed by atoms with Crippen LogP contribution in [0.3, 0.4) is 0 Å². The average Bonchev–Trinajstić information content (AvgIpc) is 3.23. The smallest absolute Gasteiger partial charge is 0.194 e. The van der Waals surface area contributed by atoms with Crippen LogP contribution in [0.4, 0.5) is 13.2 Å². The van der Waals surface area contributed by atoms with Gasteiger partial charge in [0.15, 0.2) is 17.5 Å². The first-order valence-corrected chi connectivity index (χ1v) is 6.57. The fourth-order valence-corrected chi connectivity index (χ4v) is 2.45. The van der Waals surface area contributed by atoms with Crippen LogP contribution in [0, 0.1) is 17.5 Å². The van der Waals surface area contributed by atoms with E-state index in [0.29, 0.717) is 24.1 Å². The van der Waals surface area contributed by atoms with Crippen molar-refractivity contribution in [2.45, 2.75) is 24.9 Å². The van der Waals surface area contributed by atoms with Crippen molar-refractivity contribution in [2.75, 3.05) is 0 Å². The minimum Gasteiger partial charge on any atom is -0.309 e. The van der Waals surface area contributed by atoms with E-state index in [4.69, 9.17) is 0 Å². The van der Waals surface area contributed by atoms with Gasteiger partial charge in [-0.25, -0.2) is 13.2 Å². The van der Waals surface area contributed by atoms with Gasteiger partial charge >= 0.3 is 0 Å². The Kier molecular flexibility index (Phi) is 3.49. The second-order valence-corrected chi connectivity index (χ2v) is 5.11. The van der Waals surface area contributed by atoms with Crippen molar-refractivity contribution in [2.24, 2.45) is 0 Å². The molecule has 20 heavy (non-hydrogen) atoms. The number of halogens is 3. The molecule has 1 aliphatic carbocycles. The largest absolute Gasteiger partial charge is 0.309 e. The molecule has 0 bridgehead atoms. The highest BCUT2D eigenvalue weighted by Gasteiger charge is 2.37. The van der Waals surface area contributed by atoms with Crippen molar-refractivity contribution in [1.82, 2.24) is 5.32 Å². The third kappa shape index (κ3) is 2.70. The van der Waals surface area contributed by atoms with Gasteiger partial charge in [-0.05, 0) is 29.7 Å². The lowest BCUT2D eigenvalue weighted by Crippen LogP contribution is -2.17. The third-order valence-corrected chi connectivity index (χ3v) is 3.63. The van der Waals surface area contributed by atoms with Crippen LogP contribution in [0.15, 0.2) is 42.5 Å². The fraction of sp³-hybridized carbons (Fsp3) is 0.250. The van der Waals surface area contributed by atoms with E-state index in [9.17, 15) is 13.2 Å². The van der Waals surface area contributed by atoms with Crippen molar-refractivity contribution in [3.63, 3.8) is 0 Å². The van der Waals surface area contributed by atoms with Gasteiger partial charge in [-0.3, -0.25) is 0 Å². The average molecular weight is 277 g/mol. The van der Waals surface area contributed by atoms with Crippen LogP contribution in [0.2, 0.25) is 0 Å². The molecule has 0 radical (unpaired) electrons. The molecule has 0 saturated heterocycles. The van der Waals surface area contributed by atoms with Crippen molar-refractivity contribution in [3.05, 3.63) is 71.0 Å². The number of rotatable bonds is 4. The van der Waals surface area contributed by atoms with E-state index in [2.05, 4.69) is 17.4 Å². The predicted octanol–water partition coefficient (Wildman–Crippen LogP) is 3.75. The van der Waals surface area contributed by atoms with E-state index in [1.54, 1.807) is 0 Å². The van der Waals surface area contributed by atoms with Gasteiger partial charge in [0.2, 0.25) is 0 Å². The summed E-state index contributed by atoms with van der Waals surface area (Å²) < 4.78 is 39.0. The van der Waals surface area contributed by atoms with Crippen LogP contribution < -0.4 is 5.32 Å². The second kappa shape index (κ2) is 5.29. The molecule has 0 heterocycles. The molecule has 0 amide bonds. The van der Waals surface area contributed by atoms with Gasteiger partial charge < -0.3 is 5.32 Å². The van der Waals surface area contributed by atoms with Gasteiger partial charge in [0.1, 0.15) is 0 Å². The molecular formula is C16H14F3N. The molecule has 1 N–H and O–H groups in total. The molecule has 2 aromatic carbocycles. The molecule has 4 heteroatoms. The Morgan fingerprint density at radius 1 is 1.00 bits per heavy atom. The van der Waals surface area contributed by atoms with Gasteiger partial charge in [0.25, 0.3) is 0 Å². The Labute approximate surface area is 115 Å². The SMILES string of the molecule is Fc1cc(CNC2CC2c2ccccc2)cc(F)c1F. The first-order valence-electron chi connectivity index (χ1n) is 6.57. The first-order chi connectivity index (χ1) is 9.65. The maximum Gasteiger partial charge on any atom is 0.194 e. The summed E-state index contributed by atoms with van der Waals surface area (Å²) in [6.45, 7) is 0.335. The Balaban J connectivity index is 1.59. The van der Waals surface area contributed by atoms with E-state index in [1.807, 2.05) is 18.2 Å². The second-order valence-electron chi connectivity index (χ2n) is 5.11. The summed E-state index contributed by atoms with van der Waals surface area (Å²) in [6, 6.07) is 12.5. The highest BCUT2D eigenvalue weighted by molar-refractivity contribution is 5.28. The van der Waals surface area contributed by atoms with Gasteiger partial charge in [-0.2, -0.15) is 0 Å². The lowest BCUT2D eigenvalue weighted by atomic mass is 10.1. The molecule has 0 aromatic heterocycles. The highest BCUT2D eigenvalue weighted by Crippen LogP contribution is 2.40. The number of nitrogens with one attached hydrogen (secondary N) is 1. The van der Waals surface area contributed by atoms with Gasteiger partial charge in [0.05, 0.1) is 0 Å². The summed E-state index contributed by atoms with van der Waals surface area (Å²) in [7, 11) is 0. The zero-order valence-electron chi connectivity index (χ0n) is 10.7. The zero-order valence-corrected chi connectivity index (χ0v) is 10.7. The van der Waals surface area contributed by atoms with Crippen molar-refractivity contribution < 1.29 is 13.2 Å². The molecule has 1 fully saturated rings. The molecule has 1 nitrogen and oxygen atoms in total. The lowest BCUT2D eigenvalue weighted by molar-refractivity contribution is 0.444. The van der Waals surface area contributed by atoms with Crippen LogP contribution in [-0.4, -0.2) is 6.04 Å². The monoisotopic (exact) mass is 277 g/mol. The number of hydrogen-bond acceptors (Lipinski definition) is 1. The molecule has 0 spiro atoms. The summed E-state index contributed by atoms with van der Waals surface area (Å²) in [4.78, 5) is 0. The number of hydrogen-bond donors (Lipinski definition) is 1. The minimum atomic E-state index is -1.41. The van der Waals surface area contributed by atoms with Crippen molar-refractivity contribution in [1.29, 1.82) is 0 Å². The summed E-state index contributed by atoms with van der Waals surface area (Å²) in [5, 5.41) is 3.24. The van der Waals surface area contributed by atoms with E-state index in [-0.39, 0.29) is 0 Å². The molecule has 1 saturated carbocycles. The van der Waals surface area contributed by atoms with Crippen LogP contribution in [-0.2, 0) is 6.54 Å². The molecule has 2 unspecified atom stereocenters. The molecule has 104 valence electrons. The maximum absolute atomic E-state index is 13.1. The van der Waals surface area contributed by atoms with Crippen LogP contribution in [0.1, 0.15) is 23.5 Å². The minimum absolute atomic E-state index is 0.313. The molecule has 2 atom stereocenters. The Bertz CT molecular complexity index is 589. The lowest BCUT2D eigenvalue weighted by Gasteiger charge is -2.06. The maximum atomic E-state index is 13.1. The molecular weight excluding hydrogens is 263 g/mol. The van der Waals surface area contributed by atoms with Crippen LogP contribution in [0.25, 0.3) is 0 Å². The van der Waals surface area contributed by atoms with Gasteiger partial charge in [-0.15, -0.1) is 0 Å². The van der Waals surface area contributed by atoms with E-state index in [0.717, 1.165) is 18.6 Å². The molecule has 0 aliphatic heterocycles.